The third-order valence-electron chi connectivity index (χ3n) is 1.42. The summed E-state index contributed by atoms with van der Waals surface area (Å²) < 4.78 is 4.64. The minimum atomic E-state index is -0.524. The topological polar surface area (TPSA) is 46.5 Å². The van der Waals surface area contributed by atoms with Crippen LogP contribution in [0, 0.1) is 12.1 Å². The molecule has 0 aliphatic carbocycles. The fourth-order valence-corrected chi connectivity index (χ4v) is 0.868. The van der Waals surface area contributed by atoms with E-state index in [0.717, 1.165) is 0 Å². The molecule has 0 unspecified atom stereocenters. The molecule has 0 saturated heterocycles. The monoisotopic (exact) mass is 279 g/mol. The minimum absolute atomic E-state index is 0. The van der Waals surface area contributed by atoms with Crippen LogP contribution in [0.4, 0.5) is 0 Å². The van der Waals surface area contributed by atoms with Crippen LogP contribution in [0.2, 0.25) is 0 Å². The Kier molecular flexibility index (Phi) is 7.27. The van der Waals surface area contributed by atoms with E-state index < -0.39 is 5.97 Å². The largest absolute Gasteiger partial charge is 0.529 e. The number of aromatic hydroxyl groups is 1. The molecule has 1 radical (unpaired) electrons. The van der Waals surface area contributed by atoms with Crippen LogP contribution in [-0.2, 0) is 42.2 Å². The summed E-state index contributed by atoms with van der Waals surface area (Å²) in [6, 6.07) is 7.49. The van der Waals surface area contributed by atoms with Crippen molar-refractivity contribution < 1.29 is 47.3 Å². The molecule has 0 spiro atoms. The maximum Gasteiger partial charge on any atom is 0.228 e. The zero-order chi connectivity index (χ0) is 10.4. The molecule has 0 saturated carbocycles. The molecule has 0 atom stereocenters. The Morgan fingerprint density at radius 2 is 2.40 bits per heavy atom. The van der Waals surface area contributed by atoms with Crippen molar-refractivity contribution in [1.82, 2.24) is 0 Å². The van der Waals surface area contributed by atoms with Gasteiger partial charge >= 0.3 is 0 Å². The predicted molar refractivity (Wildman–Crippen MR) is 51.3 cm³/mol. The normalized spacial score (nSPS) is 9.67. The van der Waals surface area contributed by atoms with E-state index >= 15 is 0 Å². The van der Waals surface area contributed by atoms with Crippen LogP contribution in [0.25, 0.3) is 6.08 Å². The number of hydrogen-bond acceptors (Lipinski definition) is 3. The summed E-state index contributed by atoms with van der Waals surface area (Å²) in [5.74, 6) is -0.492. The number of ether oxygens (including phenoxy) is 1. The molecule has 1 N–H and O–H groups in total. The first-order chi connectivity index (χ1) is 6.72. The number of esters is 1. The molecule has 0 bridgehead atoms. The van der Waals surface area contributed by atoms with Gasteiger partial charge in [0.25, 0.3) is 0 Å². The van der Waals surface area contributed by atoms with Crippen molar-refractivity contribution in [3.63, 3.8) is 0 Å². The van der Waals surface area contributed by atoms with Gasteiger partial charge in [0.05, 0.1) is 6.61 Å². The minimum Gasteiger partial charge on any atom is -0.529 e. The molecule has 0 aromatic heterocycles. The van der Waals surface area contributed by atoms with Crippen molar-refractivity contribution in [3.05, 3.63) is 35.9 Å². The Bertz CT molecular complexity index is 347. The van der Waals surface area contributed by atoms with E-state index in [1.807, 2.05) is 0 Å². The summed E-state index contributed by atoms with van der Waals surface area (Å²) in [6.07, 6.45) is 3.81. The zero-order valence-electron chi connectivity index (χ0n) is 8.36. The van der Waals surface area contributed by atoms with Crippen molar-refractivity contribution in [2.24, 2.45) is 0 Å². The average Bonchev–Trinajstić information content (AvgIpc) is 2.15. The molecule has 1 aromatic rings. The van der Waals surface area contributed by atoms with Gasteiger partial charge in [0.1, 0.15) is 0 Å². The van der Waals surface area contributed by atoms with E-state index in [9.17, 15) is 4.79 Å². The summed E-state index contributed by atoms with van der Waals surface area (Å²) in [7, 11) is 0. The maximum absolute atomic E-state index is 10.9. The third kappa shape index (κ3) is 5.70. The summed E-state index contributed by atoms with van der Waals surface area (Å²) in [4.78, 5) is 10.9. The van der Waals surface area contributed by atoms with Gasteiger partial charge in [0.15, 0.2) is 0 Å². The fourth-order valence-electron chi connectivity index (χ4n) is 0.868. The SMILES string of the molecule is CCOC(=O)[C-]=Cc1[c-]c(O)ccc1.[Y]. The number of carbonyl (C=O) groups is 1. The van der Waals surface area contributed by atoms with Gasteiger partial charge in [-0.15, -0.1) is 6.07 Å². The van der Waals surface area contributed by atoms with Gasteiger partial charge in [0, 0.05) is 38.5 Å². The van der Waals surface area contributed by atoms with Crippen LogP contribution in [0.1, 0.15) is 12.5 Å². The first-order valence-corrected chi connectivity index (χ1v) is 4.20. The van der Waals surface area contributed by atoms with E-state index in [-0.39, 0.29) is 38.5 Å². The second-order valence-electron chi connectivity index (χ2n) is 2.50. The van der Waals surface area contributed by atoms with Crippen molar-refractivity contribution in [3.8, 4) is 5.75 Å². The van der Waals surface area contributed by atoms with Crippen LogP contribution < -0.4 is 0 Å². The van der Waals surface area contributed by atoms with E-state index in [4.69, 9.17) is 5.11 Å². The van der Waals surface area contributed by atoms with Crippen LogP contribution in [-0.4, -0.2) is 17.7 Å². The molecular weight excluding hydrogens is 269 g/mol. The molecule has 0 amide bonds. The van der Waals surface area contributed by atoms with Gasteiger partial charge in [-0.05, 0) is 6.92 Å². The first kappa shape index (κ1) is 14.3. The van der Waals surface area contributed by atoms with Crippen molar-refractivity contribution in [2.75, 3.05) is 6.61 Å². The van der Waals surface area contributed by atoms with E-state index in [0.29, 0.717) is 12.2 Å². The van der Waals surface area contributed by atoms with Gasteiger partial charge in [0.2, 0.25) is 5.97 Å². The molecule has 0 heterocycles. The first-order valence-electron chi connectivity index (χ1n) is 4.20. The number of phenolic OH excluding ortho intramolecular Hbond substituents is 1. The van der Waals surface area contributed by atoms with Crippen LogP contribution >= 0.6 is 0 Å². The zero-order valence-corrected chi connectivity index (χ0v) is 11.2. The molecule has 0 aliphatic heterocycles. The Morgan fingerprint density at radius 1 is 1.67 bits per heavy atom. The fraction of sp³-hybridized carbons (Fsp3) is 0.182. The standard InChI is InChI=1S/C11H10O3.Y/c1-2-14-11(13)7-6-9-4-3-5-10(12)8-9;/h3-6,12H,2H2,1H3;/q-2;. The van der Waals surface area contributed by atoms with Crippen LogP contribution in [0.5, 0.6) is 5.75 Å². The number of phenols is 1. The smallest absolute Gasteiger partial charge is 0.228 e. The molecule has 77 valence electrons. The van der Waals surface area contributed by atoms with Crippen LogP contribution in [0.3, 0.4) is 0 Å². The summed E-state index contributed by atoms with van der Waals surface area (Å²) >= 11 is 0. The quantitative estimate of drug-likeness (QED) is 0.519. The van der Waals surface area contributed by atoms with Gasteiger partial charge in [-0.3, -0.25) is 4.79 Å². The Balaban J connectivity index is 0.00000196. The van der Waals surface area contributed by atoms with Gasteiger partial charge in [-0.2, -0.15) is 12.1 Å². The molecule has 1 aromatic carbocycles. The number of carbonyl (C=O) groups excluding carboxylic acids is 1. The third-order valence-corrected chi connectivity index (χ3v) is 1.42. The predicted octanol–water partition coefficient (Wildman–Crippen LogP) is 1.57. The van der Waals surface area contributed by atoms with Gasteiger partial charge < -0.3 is 21.5 Å². The van der Waals surface area contributed by atoms with Gasteiger partial charge in [-0.1, -0.05) is 0 Å². The number of benzene rings is 1. The van der Waals surface area contributed by atoms with E-state index in [1.54, 1.807) is 19.1 Å². The van der Waals surface area contributed by atoms with Gasteiger partial charge in [-0.25, -0.2) is 12.1 Å². The van der Waals surface area contributed by atoms with Crippen LogP contribution in [0.15, 0.2) is 18.2 Å². The molecule has 1 rings (SSSR count). The Hall–Kier alpha value is -0.666. The molecule has 0 aliphatic rings. The van der Waals surface area contributed by atoms with E-state index in [2.05, 4.69) is 16.9 Å². The maximum atomic E-state index is 10.9. The summed E-state index contributed by atoms with van der Waals surface area (Å²) in [6.45, 7) is 2.05. The average molecular weight is 279 g/mol. The summed E-state index contributed by atoms with van der Waals surface area (Å²) in [5, 5.41) is 9.06. The van der Waals surface area contributed by atoms with E-state index in [1.165, 1.54) is 12.1 Å². The number of hydrogen-bond donors (Lipinski definition) is 1. The number of rotatable bonds is 3. The van der Waals surface area contributed by atoms with Crippen molar-refractivity contribution in [2.45, 2.75) is 6.92 Å². The molecule has 4 heteroatoms. The second kappa shape index (κ2) is 7.60. The summed E-state index contributed by atoms with van der Waals surface area (Å²) in [5.41, 5.74) is 0.582. The Labute approximate surface area is 114 Å². The second-order valence-corrected chi connectivity index (χ2v) is 2.50. The molecule has 15 heavy (non-hydrogen) atoms. The van der Waals surface area contributed by atoms with Crippen molar-refractivity contribution in [1.29, 1.82) is 0 Å². The van der Waals surface area contributed by atoms with Crippen molar-refractivity contribution >= 4 is 12.0 Å². The Morgan fingerprint density at radius 3 is 3.00 bits per heavy atom. The molecule has 3 nitrogen and oxygen atoms in total. The molecule has 0 fully saturated rings. The molecular formula is C11H10O3Y-2.